The molecule has 0 spiro atoms. The zero-order valence-corrected chi connectivity index (χ0v) is 22.7. The Bertz CT molecular complexity index is 1390. The number of rotatable bonds is 6. The number of fused-ring (bicyclic) bond motifs is 1. The molecule has 0 unspecified atom stereocenters. The second kappa shape index (κ2) is 11.0. The van der Waals surface area contributed by atoms with Gasteiger partial charge in [0.05, 0.1) is 31.9 Å². The lowest BCUT2D eigenvalue weighted by Crippen LogP contribution is -2.54. The number of hydrogen-bond acceptors (Lipinski definition) is 7. The van der Waals surface area contributed by atoms with E-state index < -0.39 is 12.0 Å². The average molecular weight is 544 g/mol. The molecule has 3 aliphatic heterocycles. The summed E-state index contributed by atoms with van der Waals surface area (Å²) in [6.45, 7) is 2.76. The topological polar surface area (TPSA) is 80.8 Å². The van der Waals surface area contributed by atoms with Crippen molar-refractivity contribution < 1.29 is 28.5 Å². The van der Waals surface area contributed by atoms with Crippen LogP contribution in [0, 0.1) is 5.92 Å². The predicted molar refractivity (Wildman–Crippen MR) is 150 cm³/mol. The van der Waals surface area contributed by atoms with Crippen molar-refractivity contribution in [2.24, 2.45) is 5.92 Å². The van der Waals surface area contributed by atoms with Gasteiger partial charge in [-0.05, 0) is 48.4 Å². The Balaban J connectivity index is 1.29. The Morgan fingerprint density at radius 1 is 0.875 bits per heavy atom. The maximum absolute atomic E-state index is 14.2. The molecule has 9 heteroatoms. The molecule has 3 aliphatic rings. The zero-order valence-electron chi connectivity index (χ0n) is 22.7. The van der Waals surface area contributed by atoms with Crippen molar-refractivity contribution in [1.82, 2.24) is 4.90 Å². The Morgan fingerprint density at radius 3 is 2.38 bits per heavy atom. The van der Waals surface area contributed by atoms with Gasteiger partial charge >= 0.3 is 0 Å². The Kier molecular flexibility index (Phi) is 7.11. The van der Waals surface area contributed by atoms with Gasteiger partial charge in [0.15, 0.2) is 11.5 Å². The minimum Gasteiger partial charge on any atom is -0.497 e. The van der Waals surface area contributed by atoms with E-state index in [9.17, 15) is 9.59 Å². The number of benzene rings is 3. The van der Waals surface area contributed by atoms with E-state index in [2.05, 4.69) is 4.90 Å². The third-order valence-corrected chi connectivity index (χ3v) is 8.02. The summed E-state index contributed by atoms with van der Waals surface area (Å²) < 4.78 is 22.0. The molecule has 9 nitrogen and oxygen atoms in total. The number of para-hydroxylation sites is 2. The van der Waals surface area contributed by atoms with Gasteiger partial charge in [0, 0.05) is 44.4 Å². The van der Waals surface area contributed by atoms with Crippen molar-refractivity contribution in [1.29, 1.82) is 0 Å². The van der Waals surface area contributed by atoms with Crippen LogP contribution < -0.4 is 28.7 Å². The second-order valence-corrected chi connectivity index (χ2v) is 10.1. The Morgan fingerprint density at radius 2 is 1.62 bits per heavy atom. The number of hydrogen-bond donors (Lipinski definition) is 0. The van der Waals surface area contributed by atoms with Gasteiger partial charge in [0.25, 0.3) is 0 Å². The third-order valence-electron chi connectivity index (χ3n) is 8.02. The van der Waals surface area contributed by atoms with Crippen LogP contribution in [0.2, 0.25) is 0 Å². The summed E-state index contributed by atoms with van der Waals surface area (Å²) in [5, 5.41) is 0. The van der Waals surface area contributed by atoms with Crippen LogP contribution >= 0.6 is 0 Å². The number of piperidine rings is 1. The van der Waals surface area contributed by atoms with Gasteiger partial charge in [-0.25, -0.2) is 0 Å². The molecule has 0 saturated carbocycles. The fraction of sp³-hybridized carbons (Fsp3) is 0.355. The number of ether oxygens (including phenoxy) is 4. The molecular formula is C31H33N3O6. The van der Waals surface area contributed by atoms with Crippen molar-refractivity contribution in [3.8, 4) is 23.0 Å². The van der Waals surface area contributed by atoms with Crippen molar-refractivity contribution in [2.45, 2.75) is 18.9 Å². The zero-order chi connectivity index (χ0) is 27.6. The van der Waals surface area contributed by atoms with Gasteiger partial charge in [-0.15, -0.1) is 0 Å². The monoisotopic (exact) mass is 543 g/mol. The van der Waals surface area contributed by atoms with Gasteiger partial charge in [0.1, 0.15) is 11.5 Å². The highest BCUT2D eigenvalue weighted by molar-refractivity contribution is 5.98. The standard InChI is InChI=1S/C31H33N3O6/c1-37-23-10-7-21(8-11-23)30-24(12-14-29(35)34(30)22-9-13-27-28(19-22)40-20-39-27)31(36)33-17-15-32(16-18-33)25-5-3-4-6-26(25)38-2/h3-11,13,19,24,30H,12,14-18,20H2,1-2H3/t24-,30+/m1/s1. The molecule has 6 rings (SSSR count). The molecule has 0 bridgehead atoms. The predicted octanol–water partition coefficient (Wildman–Crippen LogP) is 4.27. The molecule has 2 atom stereocenters. The normalized spacial score (nSPS) is 20.4. The molecule has 3 aromatic carbocycles. The highest BCUT2D eigenvalue weighted by Gasteiger charge is 2.43. The Hall–Kier alpha value is -4.40. The maximum Gasteiger partial charge on any atom is 0.231 e. The van der Waals surface area contributed by atoms with Crippen molar-refractivity contribution >= 4 is 23.2 Å². The summed E-state index contributed by atoms with van der Waals surface area (Å²) in [5.41, 5.74) is 2.61. The molecule has 2 fully saturated rings. The van der Waals surface area contributed by atoms with Crippen molar-refractivity contribution in [2.75, 3.05) is 57.0 Å². The molecule has 0 aliphatic carbocycles. The lowest BCUT2D eigenvalue weighted by molar-refractivity contribution is -0.138. The van der Waals surface area contributed by atoms with E-state index in [1.165, 1.54) is 0 Å². The van der Waals surface area contributed by atoms with Crippen LogP contribution in [0.3, 0.4) is 0 Å². The minimum absolute atomic E-state index is 0.0234. The molecule has 40 heavy (non-hydrogen) atoms. The SMILES string of the molecule is COc1ccc([C@H]2[C@H](C(=O)N3CCN(c4ccccc4OC)CC3)CCC(=O)N2c2ccc3c(c2)OCO3)cc1. The lowest BCUT2D eigenvalue weighted by Gasteiger charge is -2.44. The van der Waals surface area contributed by atoms with Crippen LogP contribution in [0.25, 0.3) is 0 Å². The molecule has 0 aromatic heterocycles. The number of carbonyl (C=O) groups is 2. The summed E-state index contributed by atoms with van der Waals surface area (Å²) >= 11 is 0. The number of nitrogens with zero attached hydrogens (tertiary/aromatic N) is 3. The first-order valence-electron chi connectivity index (χ1n) is 13.6. The van der Waals surface area contributed by atoms with Gasteiger partial charge in [-0.1, -0.05) is 24.3 Å². The van der Waals surface area contributed by atoms with Gasteiger partial charge in [-0.2, -0.15) is 0 Å². The molecular weight excluding hydrogens is 510 g/mol. The van der Waals surface area contributed by atoms with Crippen molar-refractivity contribution in [3.63, 3.8) is 0 Å². The van der Waals surface area contributed by atoms with Crippen LogP contribution in [-0.4, -0.2) is 63.9 Å². The highest BCUT2D eigenvalue weighted by Crippen LogP contribution is 2.44. The summed E-state index contributed by atoms with van der Waals surface area (Å²) in [5.74, 6) is 2.44. The molecule has 0 N–H and O–H groups in total. The van der Waals surface area contributed by atoms with E-state index in [0.717, 1.165) is 22.7 Å². The lowest BCUT2D eigenvalue weighted by atomic mass is 9.82. The average Bonchev–Trinajstić information content (AvgIpc) is 3.49. The first-order valence-corrected chi connectivity index (χ1v) is 13.6. The van der Waals surface area contributed by atoms with E-state index >= 15 is 0 Å². The minimum atomic E-state index is -0.465. The first kappa shape index (κ1) is 25.9. The maximum atomic E-state index is 14.2. The second-order valence-electron chi connectivity index (χ2n) is 10.1. The molecule has 2 amide bonds. The van der Waals surface area contributed by atoms with Gasteiger partial charge in [-0.3, -0.25) is 9.59 Å². The van der Waals surface area contributed by atoms with E-state index in [1.54, 1.807) is 19.1 Å². The molecule has 3 aromatic rings. The highest BCUT2D eigenvalue weighted by atomic mass is 16.7. The summed E-state index contributed by atoms with van der Waals surface area (Å²) in [6.07, 6.45) is 0.779. The van der Waals surface area contributed by atoms with E-state index in [-0.39, 0.29) is 18.6 Å². The van der Waals surface area contributed by atoms with Crippen LogP contribution in [0.1, 0.15) is 24.4 Å². The van der Waals surface area contributed by atoms with Crippen LogP contribution in [0.5, 0.6) is 23.0 Å². The quantitative estimate of drug-likeness (QED) is 0.460. The fourth-order valence-electron chi connectivity index (χ4n) is 5.97. The number of carbonyl (C=O) groups excluding carboxylic acids is 2. The fourth-order valence-corrected chi connectivity index (χ4v) is 5.97. The van der Waals surface area contributed by atoms with Crippen molar-refractivity contribution in [3.05, 3.63) is 72.3 Å². The van der Waals surface area contributed by atoms with Crippen LogP contribution in [0.15, 0.2) is 66.7 Å². The summed E-state index contributed by atoms with van der Waals surface area (Å²) in [6, 6.07) is 20.6. The number of methoxy groups -OCH3 is 2. The van der Waals surface area contributed by atoms with Gasteiger partial charge < -0.3 is 33.6 Å². The summed E-state index contributed by atoms with van der Waals surface area (Å²) in [4.78, 5) is 33.6. The van der Waals surface area contributed by atoms with Gasteiger partial charge in [0.2, 0.25) is 18.6 Å². The largest absolute Gasteiger partial charge is 0.497 e. The number of amides is 2. The van der Waals surface area contributed by atoms with Crippen LogP contribution in [0.4, 0.5) is 11.4 Å². The Labute approximate surface area is 233 Å². The third kappa shape index (κ3) is 4.76. The van der Waals surface area contributed by atoms with Crippen LogP contribution in [-0.2, 0) is 9.59 Å². The number of piperazine rings is 1. The smallest absolute Gasteiger partial charge is 0.231 e. The van der Waals surface area contributed by atoms with E-state index in [4.69, 9.17) is 18.9 Å². The molecule has 208 valence electrons. The molecule has 3 heterocycles. The first-order chi connectivity index (χ1) is 19.6. The summed E-state index contributed by atoms with van der Waals surface area (Å²) in [7, 11) is 3.29. The molecule has 2 saturated heterocycles. The number of anilines is 2. The van der Waals surface area contributed by atoms with E-state index in [0.29, 0.717) is 56.2 Å². The van der Waals surface area contributed by atoms with E-state index in [1.807, 2.05) is 71.6 Å². The molecule has 0 radical (unpaired) electrons.